The Hall–Kier alpha value is -0.940. The largest absolute Gasteiger partial charge is 0.330 e. The van der Waals surface area contributed by atoms with E-state index >= 15 is 0 Å². The summed E-state index contributed by atoms with van der Waals surface area (Å²) in [5.74, 6) is 0.872. The second-order valence-electron chi connectivity index (χ2n) is 4.57. The van der Waals surface area contributed by atoms with Crippen LogP contribution in [0.15, 0.2) is 12.1 Å². The van der Waals surface area contributed by atoms with Gasteiger partial charge in [0, 0.05) is 16.9 Å². The molecule has 2 N–H and O–H groups in total. The van der Waals surface area contributed by atoms with E-state index < -0.39 is 0 Å². The number of thiophene rings is 1. The fraction of sp³-hybridized carbons (Fsp3) is 0.600. The Labute approximate surface area is 92.2 Å². The van der Waals surface area contributed by atoms with Crippen molar-refractivity contribution >= 4 is 16.3 Å². The van der Waals surface area contributed by atoms with Crippen molar-refractivity contribution in [3.63, 3.8) is 0 Å². The van der Waals surface area contributed by atoms with Crippen LogP contribution >= 0.6 is 11.3 Å². The van der Waals surface area contributed by atoms with Crippen molar-refractivity contribution in [1.29, 1.82) is 0 Å². The van der Waals surface area contributed by atoms with Crippen LogP contribution in [-0.4, -0.2) is 11.5 Å². The van der Waals surface area contributed by atoms with Gasteiger partial charge in [-0.05, 0) is 23.9 Å². The molecule has 0 amide bonds. The van der Waals surface area contributed by atoms with Gasteiger partial charge in [0.2, 0.25) is 0 Å². The summed E-state index contributed by atoms with van der Waals surface area (Å²) < 4.78 is 0. The zero-order valence-corrected chi connectivity index (χ0v) is 9.58. The van der Waals surface area contributed by atoms with Gasteiger partial charge in [-0.15, -0.1) is 0 Å². The molecule has 1 aliphatic carbocycles. The third kappa shape index (κ3) is 1.55. The van der Waals surface area contributed by atoms with Crippen LogP contribution in [0.1, 0.15) is 24.6 Å². The highest BCUT2D eigenvalue weighted by Crippen LogP contribution is 2.65. The maximum Gasteiger partial charge on any atom is 0.324 e. The third-order valence-electron chi connectivity index (χ3n) is 3.40. The minimum absolute atomic E-state index is 0.202. The monoisotopic (exact) mass is 226 g/mol. The van der Waals surface area contributed by atoms with E-state index in [0.29, 0.717) is 18.4 Å². The summed E-state index contributed by atoms with van der Waals surface area (Å²) >= 11 is 1.28. The molecule has 0 spiro atoms. The molecule has 2 rings (SSSR count). The van der Waals surface area contributed by atoms with E-state index in [1.54, 1.807) is 6.07 Å². The first-order valence-electron chi connectivity index (χ1n) is 4.92. The smallest absolute Gasteiger partial charge is 0.324 e. The van der Waals surface area contributed by atoms with Gasteiger partial charge in [-0.3, -0.25) is 10.1 Å². The van der Waals surface area contributed by atoms with Gasteiger partial charge >= 0.3 is 5.00 Å². The highest BCUT2D eigenvalue weighted by atomic mass is 32.1. The fourth-order valence-corrected chi connectivity index (χ4v) is 3.54. The Balaban J connectivity index is 2.22. The van der Waals surface area contributed by atoms with Crippen molar-refractivity contribution in [2.75, 3.05) is 6.54 Å². The van der Waals surface area contributed by atoms with Crippen LogP contribution in [0.2, 0.25) is 0 Å². The van der Waals surface area contributed by atoms with Crippen molar-refractivity contribution in [2.24, 2.45) is 17.1 Å². The van der Waals surface area contributed by atoms with Crippen molar-refractivity contribution in [3.8, 4) is 0 Å². The summed E-state index contributed by atoms with van der Waals surface area (Å²) in [4.78, 5) is 11.3. The molecule has 15 heavy (non-hydrogen) atoms. The lowest BCUT2D eigenvalue weighted by Crippen LogP contribution is -2.05. The van der Waals surface area contributed by atoms with Crippen LogP contribution in [0.3, 0.4) is 0 Å². The molecule has 1 heterocycles. The van der Waals surface area contributed by atoms with Gasteiger partial charge in [0.15, 0.2) is 0 Å². The minimum atomic E-state index is -0.332. The van der Waals surface area contributed by atoms with Crippen LogP contribution < -0.4 is 5.73 Å². The Morgan fingerprint density at radius 2 is 2.27 bits per heavy atom. The van der Waals surface area contributed by atoms with Crippen molar-refractivity contribution in [3.05, 3.63) is 27.1 Å². The molecular weight excluding hydrogens is 212 g/mol. The van der Waals surface area contributed by atoms with Crippen LogP contribution in [0.25, 0.3) is 0 Å². The molecule has 1 aliphatic rings. The second kappa shape index (κ2) is 3.28. The lowest BCUT2D eigenvalue weighted by Gasteiger charge is -1.98. The van der Waals surface area contributed by atoms with E-state index in [2.05, 4.69) is 13.8 Å². The van der Waals surface area contributed by atoms with Gasteiger partial charge in [0.25, 0.3) is 0 Å². The zero-order chi connectivity index (χ0) is 11.2. The van der Waals surface area contributed by atoms with Gasteiger partial charge in [-0.25, -0.2) is 0 Å². The van der Waals surface area contributed by atoms with Gasteiger partial charge in [0.05, 0.1) is 4.92 Å². The van der Waals surface area contributed by atoms with E-state index in [1.807, 2.05) is 6.07 Å². The predicted molar refractivity (Wildman–Crippen MR) is 60.0 cm³/mol. The highest BCUT2D eigenvalue weighted by Gasteiger charge is 2.58. The average molecular weight is 226 g/mol. The lowest BCUT2D eigenvalue weighted by atomic mass is 10.1. The molecule has 0 bridgehead atoms. The molecule has 0 saturated heterocycles. The van der Waals surface area contributed by atoms with Crippen molar-refractivity contribution in [1.82, 2.24) is 0 Å². The first kappa shape index (κ1) is 10.6. The normalized spacial score (nSPS) is 27.7. The van der Waals surface area contributed by atoms with E-state index in [4.69, 9.17) is 5.73 Å². The standard InChI is InChI=1S/C10H14N2O2S/c1-10(2)6(5-11)9(10)7-3-4-8(15-7)12(13)14/h3-4,6,9H,5,11H2,1-2H3. The number of rotatable bonds is 3. The van der Waals surface area contributed by atoms with Crippen LogP contribution in [0.4, 0.5) is 5.00 Å². The van der Waals surface area contributed by atoms with Gasteiger partial charge in [-0.2, -0.15) is 0 Å². The molecule has 2 unspecified atom stereocenters. The maximum absolute atomic E-state index is 10.6. The number of nitrogens with two attached hydrogens (primary N) is 1. The molecule has 5 heteroatoms. The highest BCUT2D eigenvalue weighted by molar-refractivity contribution is 7.15. The Morgan fingerprint density at radius 1 is 1.60 bits per heavy atom. The summed E-state index contributed by atoms with van der Waals surface area (Å²) in [6.07, 6.45) is 0. The summed E-state index contributed by atoms with van der Waals surface area (Å²) in [5, 5.41) is 10.8. The first-order chi connectivity index (χ1) is 6.98. The van der Waals surface area contributed by atoms with Crippen LogP contribution in [0.5, 0.6) is 0 Å². The van der Waals surface area contributed by atoms with E-state index in [9.17, 15) is 10.1 Å². The SMILES string of the molecule is CC1(C)C(CN)C1c1ccc([N+](=O)[O-])s1. The third-order valence-corrected chi connectivity index (χ3v) is 4.52. The summed E-state index contributed by atoms with van der Waals surface area (Å²) in [5.41, 5.74) is 5.88. The van der Waals surface area contributed by atoms with Crippen molar-refractivity contribution in [2.45, 2.75) is 19.8 Å². The fourth-order valence-electron chi connectivity index (χ4n) is 2.36. The number of nitro groups is 1. The maximum atomic E-state index is 10.6. The first-order valence-corrected chi connectivity index (χ1v) is 5.74. The quantitative estimate of drug-likeness (QED) is 0.635. The molecule has 4 nitrogen and oxygen atoms in total. The molecular formula is C10H14N2O2S. The van der Waals surface area contributed by atoms with Gasteiger partial charge < -0.3 is 5.73 Å². The molecule has 2 atom stereocenters. The van der Waals surface area contributed by atoms with Crippen LogP contribution in [-0.2, 0) is 0 Å². The molecule has 1 fully saturated rings. The average Bonchev–Trinajstić information content (AvgIpc) is 2.58. The van der Waals surface area contributed by atoms with Crippen molar-refractivity contribution < 1.29 is 4.92 Å². The molecule has 1 aromatic heterocycles. The van der Waals surface area contributed by atoms with E-state index in [0.717, 1.165) is 4.88 Å². The molecule has 1 saturated carbocycles. The van der Waals surface area contributed by atoms with E-state index in [-0.39, 0.29) is 15.3 Å². The topological polar surface area (TPSA) is 69.2 Å². The number of hydrogen-bond donors (Lipinski definition) is 1. The number of nitrogens with zero attached hydrogens (tertiary/aromatic N) is 1. The lowest BCUT2D eigenvalue weighted by molar-refractivity contribution is -0.380. The molecule has 82 valence electrons. The Kier molecular flexibility index (Phi) is 2.31. The Bertz CT molecular complexity index is 400. The van der Waals surface area contributed by atoms with Gasteiger partial charge in [0.1, 0.15) is 0 Å². The van der Waals surface area contributed by atoms with Crippen LogP contribution in [0, 0.1) is 21.4 Å². The molecule has 0 aliphatic heterocycles. The summed E-state index contributed by atoms with van der Waals surface area (Å²) in [6, 6.07) is 3.45. The summed E-state index contributed by atoms with van der Waals surface area (Å²) in [6.45, 7) is 4.99. The Morgan fingerprint density at radius 3 is 2.67 bits per heavy atom. The zero-order valence-electron chi connectivity index (χ0n) is 8.77. The van der Waals surface area contributed by atoms with E-state index in [1.165, 1.54) is 11.3 Å². The molecule has 0 radical (unpaired) electrons. The minimum Gasteiger partial charge on any atom is -0.330 e. The molecule has 0 aromatic carbocycles. The van der Waals surface area contributed by atoms with Gasteiger partial charge in [-0.1, -0.05) is 25.2 Å². The second-order valence-corrected chi connectivity index (χ2v) is 5.67. The molecule has 1 aromatic rings. The summed E-state index contributed by atoms with van der Waals surface area (Å²) in [7, 11) is 0. The number of hydrogen-bond acceptors (Lipinski definition) is 4. The predicted octanol–water partition coefficient (Wildman–Crippen LogP) is 2.35.